The van der Waals surface area contributed by atoms with E-state index in [0.29, 0.717) is 19.3 Å². The lowest BCUT2D eigenvalue weighted by Gasteiger charge is -2.23. The lowest BCUT2D eigenvalue weighted by atomic mass is 10.0. The van der Waals surface area contributed by atoms with E-state index in [1.165, 1.54) is 5.56 Å². The maximum Gasteiger partial charge on any atom is 0.169 e. The molecule has 1 rings (SSSR count). The molecule has 0 radical (unpaired) electrons. The van der Waals surface area contributed by atoms with Gasteiger partial charge in [-0.2, -0.15) is 0 Å². The predicted molar refractivity (Wildman–Crippen MR) is 79.1 cm³/mol. The molecule has 0 aliphatic rings. The van der Waals surface area contributed by atoms with Crippen molar-refractivity contribution in [3.8, 4) is 0 Å². The number of nitrogens with one attached hydrogen (secondary N) is 1. The Morgan fingerprint density at radius 2 is 1.63 bits per heavy atom. The van der Waals surface area contributed by atoms with Crippen LogP contribution in [-0.4, -0.2) is 26.0 Å². The molecular formula is C16H27NO2. The SMILES string of the molecule is CCCC(NCC(OCC)OCC)c1ccccc1. The summed E-state index contributed by atoms with van der Waals surface area (Å²) < 4.78 is 11.1. The number of benzene rings is 1. The van der Waals surface area contributed by atoms with Gasteiger partial charge >= 0.3 is 0 Å². The van der Waals surface area contributed by atoms with E-state index in [-0.39, 0.29) is 6.29 Å². The Morgan fingerprint density at radius 3 is 2.16 bits per heavy atom. The second kappa shape index (κ2) is 9.96. The van der Waals surface area contributed by atoms with Crippen LogP contribution < -0.4 is 5.32 Å². The summed E-state index contributed by atoms with van der Waals surface area (Å²) in [4.78, 5) is 0. The minimum Gasteiger partial charge on any atom is -0.352 e. The van der Waals surface area contributed by atoms with Gasteiger partial charge < -0.3 is 14.8 Å². The van der Waals surface area contributed by atoms with Crippen LogP contribution in [-0.2, 0) is 9.47 Å². The van der Waals surface area contributed by atoms with E-state index < -0.39 is 0 Å². The van der Waals surface area contributed by atoms with Gasteiger partial charge in [-0.1, -0.05) is 43.7 Å². The number of rotatable bonds is 10. The fourth-order valence-electron chi connectivity index (χ4n) is 2.14. The molecule has 0 heterocycles. The topological polar surface area (TPSA) is 30.5 Å². The molecule has 1 atom stereocenters. The van der Waals surface area contributed by atoms with Gasteiger partial charge in [-0.3, -0.25) is 0 Å². The van der Waals surface area contributed by atoms with Crippen LogP contribution in [0, 0.1) is 0 Å². The summed E-state index contributed by atoms with van der Waals surface area (Å²) in [5, 5.41) is 3.56. The molecular weight excluding hydrogens is 238 g/mol. The van der Waals surface area contributed by atoms with Crippen LogP contribution >= 0.6 is 0 Å². The van der Waals surface area contributed by atoms with Crippen LogP contribution in [0.3, 0.4) is 0 Å². The molecule has 0 fully saturated rings. The second-order valence-electron chi connectivity index (χ2n) is 4.50. The Kier molecular flexibility index (Phi) is 8.47. The molecule has 1 aromatic carbocycles. The summed E-state index contributed by atoms with van der Waals surface area (Å²) in [7, 11) is 0. The molecule has 0 aliphatic heterocycles. The Bertz CT molecular complexity index is 310. The first-order valence-electron chi connectivity index (χ1n) is 7.33. The molecule has 1 N–H and O–H groups in total. The predicted octanol–water partition coefficient (Wildman–Crippen LogP) is 3.52. The molecule has 0 amide bonds. The Morgan fingerprint density at radius 1 is 1.00 bits per heavy atom. The average Bonchev–Trinajstić information content (AvgIpc) is 2.44. The van der Waals surface area contributed by atoms with Gasteiger partial charge in [-0.25, -0.2) is 0 Å². The first-order chi connectivity index (χ1) is 9.31. The van der Waals surface area contributed by atoms with Crippen LogP contribution in [0.25, 0.3) is 0 Å². The molecule has 0 saturated heterocycles. The molecule has 0 bridgehead atoms. The van der Waals surface area contributed by atoms with Crippen LogP contribution in [0.15, 0.2) is 30.3 Å². The van der Waals surface area contributed by atoms with Crippen LogP contribution in [0.5, 0.6) is 0 Å². The minimum absolute atomic E-state index is 0.155. The maximum absolute atomic E-state index is 5.56. The highest BCUT2D eigenvalue weighted by atomic mass is 16.7. The average molecular weight is 265 g/mol. The number of hydrogen-bond donors (Lipinski definition) is 1. The highest BCUT2D eigenvalue weighted by Gasteiger charge is 2.13. The fraction of sp³-hybridized carbons (Fsp3) is 0.625. The molecule has 19 heavy (non-hydrogen) atoms. The lowest BCUT2D eigenvalue weighted by molar-refractivity contribution is -0.133. The third kappa shape index (κ3) is 6.19. The van der Waals surface area contributed by atoms with Gasteiger partial charge in [0.1, 0.15) is 0 Å². The van der Waals surface area contributed by atoms with E-state index in [4.69, 9.17) is 9.47 Å². The van der Waals surface area contributed by atoms with Gasteiger partial charge in [0.05, 0.1) is 0 Å². The summed E-state index contributed by atoms with van der Waals surface area (Å²) in [5.41, 5.74) is 1.33. The van der Waals surface area contributed by atoms with Crippen LogP contribution in [0.2, 0.25) is 0 Å². The highest BCUT2D eigenvalue weighted by molar-refractivity contribution is 5.18. The summed E-state index contributed by atoms with van der Waals surface area (Å²) in [6.07, 6.45) is 2.12. The zero-order valence-corrected chi connectivity index (χ0v) is 12.4. The van der Waals surface area contributed by atoms with Gasteiger partial charge in [0, 0.05) is 25.8 Å². The van der Waals surface area contributed by atoms with Crippen molar-refractivity contribution in [2.45, 2.75) is 45.9 Å². The minimum atomic E-state index is -0.155. The maximum atomic E-state index is 5.56. The lowest BCUT2D eigenvalue weighted by Crippen LogP contribution is -2.34. The quantitative estimate of drug-likeness (QED) is 0.657. The number of hydrogen-bond acceptors (Lipinski definition) is 3. The molecule has 0 aliphatic carbocycles. The molecule has 3 heteroatoms. The van der Waals surface area contributed by atoms with Gasteiger partial charge in [0.15, 0.2) is 6.29 Å². The first-order valence-corrected chi connectivity index (χ1v) is 7.33. The normalized spacial score (nSPS) is 12.8. The molecule has 1 unspecified atom stereocenters. The van der Waals surface area contributed by atoms with Crippen LogP contribution in [0.4, 0.5) is 0 Å². The van der Waals surface area contributed by atoms with E-state index in [0.717, 1.165) is 19.4 Å². The molecule has 0 spiro atoms. The Balaban J connectivity index is 2.53. The first kappa shape index (κ1) is 16.2. The van der Waals surface area contributed by atoms with Gasteiger partial charge in [0.25, 0.3) is 0 Å². The van der Waals surface area contributed by atoms with E-state index in [2.05, 4.69) is 42.6 Å². The largest absolute Gasteiger partial charge is 0.352 e. The second-order valence-corrected chi connectivity index (χ2v) is 4.50. The number of ether oxygens (including phenoxy) is 2. The Labute approximate surface area is 117 Å². The summed E-state index contributed by atoms with van der Waals surface area (Å²) >= 11 is 0. The molecule has 1 aromatic rings. The molecule has 3 nitrogen and oxygen atoms in total. The van der Waals surface area contributed by atoms with Crippen molar-refractivity contribution >= 4 is 0 Å². The van der Waals surface area contributed by atoms with Crippen molar-refractivity contribution in [2.24, 2.45) is 0 Å². The van der Waals surface area contributed by atoms with Crippen molar-refractivity contribution in [2.75, 3.05) is 19.8 Å². The molecule has 0 saturated carbocycles. The Hall–Kier alpha value is -0.900. The standard InChI is InChI=1S/C16H27NO2/c1-4-10-15(14-11-8-7-9-12-14)17-13-16(18-5-2)19-6-3/h7-9,11-12,15-17H,4-6,10,13H2,1-3H3. The van der Waals surface area contributed by atoms with Crippen LogP contribution in [0.1, 0.15) is 45.2 Å². The molecule has 0 aromatic heterocycles. The summed E-state index contributed by atoms with van der Waals surface area (Å²) in [5.74, 6) is 0. The monoisotopic (exact) mass is 265 g/mol. The van der Waals surface area contributed by atoms with E-state index in [1.807, 2.05) is 13.8 Å². The zero-order chi connectivity index (χ0) is 13.9. The van der Waals surface area contributed by atoms with Crippen molar-refractivity contribution in [3.05, 3.63) is 35.9 Å². The third-order valence-electron chi connectivity index (χ3n) is 3.02. The smallest absolute Gasteiger partial charge is 0.169 e. The molecule has 108 valence electrons. The van der Waals surface area contributed by atoms with E-state index in [1.54, 1.807) is 0 Å². The van der Waals surface area contributed by atoms with Crippen molar-refractivity contribution in [1.82, 2.24) is 5.32 Å². The van der Waals surface area contributed by atoms with Crippen molar-refractivity contribution in [1.29, 1.82) is 0 Å². The third-order valence-corrected chi connectivity index (χ3v) is 3.02. The van der Waals surface area contributed by atoms with E-state index >= 15 is 0 Å². The van der Waals surface area contributed by atoms with Gasteiger partial charge in [0.2, 0.25) is 0 Å². The summed E-state index contributed by atoms with van der Waals surface area (Å²) in [6, 6.07) is 10.9. The van der Waals surface area contributed by atoms with Crippen molar-refractivity contribution in [3.63, 3.8) is 0 Å². The fourth-order valence-corrected chi connectivity index (χ4v) is 2.14. The zero-order valence-electron chi connectivity index (χ0n) is 12.4. The van der Waals surface area contributed by atoms with Crippen molar-refractivity contribution < 1.29 is 9.47 Å². The van der Waals surface area contributed by atoms with E-state index in [9.17, 15) is 0 Å². The highest BCUT2D eigenvalue weighted by Crippen LogP contribution is 2.18. The van der Waals surface area contributed by atoms with Gasteiger partial charge in [-0.05, 0) is 25.8 Å². The van der Waals surface area contributed by atoms with Gasteiger partial charge in [-0.15, -0.1) is 0 Å². The summed E-state index contributed by atoms with van der Waals surface area (Å²) in [6.45, 7) is 8.27.